The first-order chi connectivity index (χ1) is 18.4. The highest BCUT2D eigenvalue weighted by atomic mass is 79.9. The third-order valence-electron chi connectivity index (χ3n) is 5.89. The van der Waals surface area contributed by atoms with Crippen LogP contribution in [0, 0.1) is 0 Å². The molecular weight excluding hydrogens is 563 g/mol. The summed E-state index contributed by atoms with van der Waals surface area (Å²) in [5.74, 6) is -2.13. The predicted molar refractivity (Wildman–Crippen MR) is 156 cm³/mol. The summed E-state index contributed by atoms with van der Waals surface area (Å²) in [6, 6.07) is 34.1. The minimum absolute atomic E-state index is 0.0148. The maximum Gasteiger partial charge on any atom is 0.379 e. The summed E-state index contributed by atoms with van der Waals surface area (Å²) in [5, 5.41) is 11.8. The molecule has 4 rings (SSSR count). The van der Waals surface area contributed by atoms with Crippen molar-refractivity contribution in [2.75, 3.05) is 7.11 Å². The van der Waals surface area contributed by atoms with Crippen molar-refractivity contribution in [3.8, 4) is 0 Å². The molecule has 4 aromatic rings. The van der Waals surface area contributed by atoms with Gasteiger partial charge in [0.05, 0.1) is 18.4 Å². The molecule has 0 fully saturated rings. The molecule has 0 atom stereocenters. The zero-order valence-electron chi connectivity index (χ0n) is 20.7. The van der Waals surface area contributed by atoms with Gasteiger partial charge >= 0.3 is 5.97 Å². The Labute approximate surface area is 229 Å². The molecule has 38 heavy (non-hydrogen) atoms. The molecule has 0 unspecified atom stereocenters. The Bertz CT molecular complexity index is 1470. The summed E-state index contributed by atoms with van der Waals surface area (Å²) in [6.07, 6.45) is 0. The van der Waals surface area contributed by atoms with Gasteiger partial charge in [-0.25, -0.2) is 4.79 Å². The van der Waals surface area contributed by atoms with E-state index in [2.05, 4.69) is 30.9 Å². The first kappa shape index (κ1) is 27.1. The van der Waals surface area contributed by atoms with Gasteiger partial charge in [0.15, 0.2) is 5.78 Å². The van der Waals surface area contributed by atoms with Gasteiger partial charge in [-0.15, -0.1) is 10.2 Å². The Kier molecular flexibility index (Phi) is 8.62. The molecule has 8 heteroatoms. The van der Waals surface area contributed by atoms with Crippen LogP contribution in [0.25, 0.3) is 0 Å². The average Bonchev–Trinajstić information content (AvgIpc) is 2.96. The Balaban J connectivity index is 2.11. The molecule has 190 valence electrons. The van der Waals surface area contributed by atoms with Gasteiger partial charge in [0.2, 0.25) is 0 Å². The number of Topliss-reactive ketones (excluding diaryl/α,β-unsaturated/α-hetero) is 2. The average molecular weight is 587 g/mol. The van der Waals surface area contributed by atoms with Crippen molar-refractivity contribution in [1.82, 2.24) is 0 Å². The number of esters is 1. The van der Waals surface area contributed by atoms with Gasteiger partial charge in [-0.3, -0.25) is 9.59 Å². The molecule has 0 N–H and O–H groups in total. The van der Waals surface area contributed by atoms with E-state index < -0.39 is 18.6 Å². The number of carbonyl (C=O) groups excluding carboxylic acids is 3. The largest absolute Gasteiger partial charge is 0.463 e. The Hall–Kier alpha value is -3.93. The predicted octanol–water partition coefficient (Wildman–Crippen LogP) is 5.60. The van der Waals surface area contributed by atoms with E-state index in [1.165, 1.54) is 13.0 Å². The molecule has 0 aromatic heterocycles. The van der Waals surface area contributed by atoms with E-state index in [0.29, 0.717) is 4.47 Å². The van der Waals surface area contributed by atoms with Gasteiger partial charge < -0.3 is 4.74 Å². The van der Waals surface area contributed by atoms with Crippen molar-refractivity contribution in [2.45, 2.75) is 6.92 Å². The molecular formula is C30H24BrN2O4P. The van der Waals surface area contributed by atoms with Gasteiger partial charge in [-0.1, -0.05) is 107 Å². The highest BCUT2D eigenvalue weighted by molar-refractivity contribution is 9.10. The van der Waals surface area contributed by atoms with Crippen LogP contribution in [0.3, 0.4) is 0 Å². The number of ether oxygens (including phenoxy) is 1. The number of ketones is 2. The fourth-order valence-corrected chi connectivity index (χ4v) is 8.72. The molecule has 0 saturated carbocycles. The lowest BCUT2D eigenvalue weighted by atomic mass is 10.1. The standard InChI is InChI=1S/C30H24BrN2O4P/c1-21(34)29(33-32-27-19-18-22(31)20-26(27)28(35)30(36)37-2)38(23-12-6-3-7-13-23,24-14-8-4-9-15-24)25-16-10-5-11-17-25/h3-20H,1-2H3. The van der Waals surface area contributed by atoms with Gasteiger partial charge in [-0.2, -0.15) is 0 Å². The van der Waals surface area contributed by atoms with Crippen LogP contribution in [-0.4, -0.2) is 30.1 Å². The first-order valence-corrected chi connectivity index (χ1v) is 14.3. The van der Waals surface area contributed by atoms with Crippen LogP contribution in [0.15, 0.2) is 124 Å². The maximum absolute atomic E-state index is 13.4. The number of nitrogens with zero attached hydrogens (tertiary/aromatic N) is 2. The fraction of sp³-hybridized carbons (Fsp3) is 0.0667. The Morgan fingerprint density at radius 3 is 1.63 bits per heavy atom. The third-order valence-corrected chi connectivity index (χ3v) is 10.6. The number of benzene rings is 4. The number of carbonyl (C=O) groups is 3. The number of rotatable bonds is 8. The molecule has 0 amide bonds. The topological polar surface area (TPSA) is 85.2 Å². The van der Waals surface area contributed by atoms with Gasteiger partial charge in [-0.05, 0) is 34.1 Å². The van der Waals surface area contributed by atoms with E-state index in [1.54, 1.807) is 12.1 Å². The SMILES string of the molecule is COC(=O)C(=O)c1cc(Br)ccc1N=NC(C(C)=O)=P(c1ccccc1)(c1ccccc1)c1ccccc1. The normalized spacial score (nSPS) is 11.2. The monoisotopic (exact) mass is 586 g/mol. The van der Waals surface area contributed by atoms with E-state index >= 15 is 0 Å². The fourth-order valence-electron chi connectivity index (χ4n) is 4.22. The molecule has 6 nitrogen and oxygen atoms in total. The van der Waals surface area contributed by atoms with Crippen LogP contribution in [0.5, 0.6) is 0 Å². The summed E-state index contributed by atoms with van der Waals surface area (Å²) in [5.41, 5.74) is 0.427. The van der Waals surface area contributed by atoms with E-state index in [1.807, 2.05) is 91.0 Å². The van der Waals surface area contributed by atoms with Crippen molar-refractivity contribution in [2.24, 2.45) is 10.2 Å². The van der Waals surface area contributed by atoms with E-state index in [9.17, 15) is 14.4 Å². The molecule has 0 bridgehead atoms. The van der Waals surface area contributed by atoms with Crippen molar-refractivity contribution in [1.29, 1.82) is 0 Å². The van der Waals surface area contributed by atoms with Crippen molar-refractivity contribution in [3.63, 3.8) is 0 Å². The zero-order chi connectivity index (χ0) is 27.1. The van der Waals surface area contributed by atoms with Crippen molar-refractivity contribution < 1.29 is 19.1 Å². The lowest BCUT2D eigenvalue weighted by molar-refractivity contribution is -0.135. The van der Waals surface area contributed by atoms with Crippen molar-refractivity contribution in [3.05, 3.63) is 119 Å². The second-order valence-electron chi connectivity index (χ2n) is 8.24. The lowest BCUT2D eigenvalue weighted by Crippen LogP contribution is -2.32. The summed E-state index contributed by atoms with van der Waals surface area (Å²) in [6.45, 7) is -1.34. The van der Waals surface area contributed by atoms with Gasteiger partial charge in [0, 0.05) is 18.3 Å². The quantitative estimate of drug-likeness (QED) is 0.0884. The highest BCUT2D eigenvalue weighted by Crippen LogP contribution is 2.47. The van der Waals surface area contributed by atoms with Crippen molar-refractivity contribution >= 4 is 67.4 Å². The molecule has 0 saturated heterocycles. The third kappa shape index (κ3) is 5.35. The number of halogens is 1. The van der Waals surface area contributed by atoms with E-state index in [4.69, 9.17) is 0 Å². The minimum Gasteiger partial charge on any atom is -0.463 e. The molecule has 0 radical (unpaired) electrons. The Morgan fingerprint density at radius 2 is 1.21 bits per heavy atom. The zero-order valence-corrected chi connectivity index (χ0v) is 23.2. The summed E-state index contributed by atoms with van der Waals surface area (Å²) in [4.78, 5) is 38.2. The molecule has 0 aliphatic heterocycles. The lowest BCUT2D eigenvalue weighted by Gasteiger charge is -2.29. The first-order valence-electron chi connectivity index (χ1n) is 11.7. The molecule has 0 aliphatic carbocycles. The van der Waals surface area contributed by atoms with E-state index in [-0.39, 0.29) is 22.5 Å². The minimum atomic E-state index is -2.81. The van der Waals surface area contributed by atoms with Crippen LogP contribution >= 0.6 is 22.8 Å². The summed E-state index contributed by atoms with van der Waals surface area (Å²) >= 11 is 3.33. The number of methoxy groups -OCH3 is 1. The van der Waals surface area contributed by atoms with Crippen LogP contribution < -0.4 is 15.9 Å². The van der Waals surface area contributed by atoms with Crippen LogP contribution in [0.1, 0.15) is 17.3 Å². The Morgan fingerprint density at radius 1 is 0.737 bits per heavy atom. The highest BCUT2D eigenvalue weighted by Gasteiger charge is 2.32. The number of hydrogen-bond acceptors (Lipinski definition) is 5. The van der Waals surface area contributed by atoms with Gasteiger partial charge in [0.25, 0.3) is 5.78 Å². The van der Waals surface area contributed by atoms with Crippen LogP contribution in [0.2, 0.25) is 0 Å². The van der Waals surface area contributed by atoms with Crippen LogP contribution in [-0.2, 0) is 14.3 Å². The van der Waals surface area contributed by atoms with E-state index in [0.717, 1.165) is 23.0 Å². The second-order valence-corrected chi connectivity index (χ2v) is 12.5. The molecule has 0 aliphatic rings. The second kappa shape index (κ2) is 12.1. The smallest absolute Gasteiger partial charge is 0.379 e. The van der Waals surface area contributed by atoms with Gasteiger partial charge in [0.1, 0.15) is 5.42 Å². The summed E-state index contributed by atoms with van der Waals surface area (Å²) < 4.78 is 5.21. The molecule has 0 spiro atoms. The molecule has 4 aromatic carbocycles. The van der Waals surface area contributed by atoms with Crippen LogP contribution in [0.4, 0.5) is 5.69 Å². The summed E-state index contributed by atoms with van der Waals surface area (Å²) in [7, 11) is 1.14. The number of azo groups is 1. The number of hydrogen-bond donors (Lipinski definition) is 0. The maximum atomic E-state index is 13.4. The molecule has 0 heterocycles.